The van der Waals surface area contributed by atoms with E-state index in [4.69, 9.17) is 0 Å². The maximum Gasteiger partial charge on any atom is 0.251 e. The Bertz CT molecular complexity index is 868. The first-order valence-electron chi connectivity index (χ1n) is 8.60. The molecule has 1 heterocycles. The molecule has 0 fully saturated rings. The third kappa shape index (κ3) is 2.92. The lowest BCUT2D eigenvalue weighted by Gasteiger charge is -2.25. The predicted molar refractivity (Wildman–Crippen MR) is 95.2 cm³/mol. The molecular formula is C20H21N3O. The Hall–Kier alpha value is -2.62. The van der Waals surface area contributed by atoms with Crippen molar-refractivity contribution in [2.45, 2.75) is 31.6 Å². The number of amides is 1. The molecule has 4 heteroatoms. The van der Waals surface area contributed by atoms with E-state index in [0.717, 1.165) is 17.5 Å². The molecule has 0 radical (unpaired) electrons. The fourth-order valence-corrected chi connectivity index (χ4v) is 3.69. The minimum atomic E-state index is -0.0180. The van der Waals surface area contributed by atoms with Crippen LogP contribution in [0.4, 0.5) is 0 Å². The summed E-state index contributed by atoms with van der Waals surface area (Å²) in [6, 6.07) is 14.3. The first-order chi connectivity index (χ1) is 11.8. The van der Waals surface area contributed by atoms with Crippen molar-refractivity contribution in [2.75, 3.05) is 6.54 Å². The smallest absolute Gasteiger partial charge is 0.251 e. The van der Waals surface area contributed by atoms with Crippen LogP contribution in [0.5, 0.6) is 0 Å². The Balaban J connectivity index is 1.38. The molecule has 0 saturated carbocycles. The number of benzene rings is 2. The van der Waals surface area contributed by atoms with Crippen LogP contribution in [0.1, 0.15) is 46.7 Å². The van der Waals surface area contributed by atoms with E-state index >= 15 is 0 Å². The van der Waals surface area contributed by atoms with Crippen molar-refractivity contribution in [3.63, 3.8) is 0 Å². The van der Waals surface area contributed by atoms with Crippen molar-refractivity contribution < 1.29 is 4.79 Å². The highest BCUT2D eigenvalue weighted by molar-refractivity contribution is 5.97. The quantitative estimate of drug-likeness (QED) is 0.768. The molecule has 0 bridgehead atoms. The highest BCUT2D eigenvalue weighted by Gasteiger charge is 2.19. The van der Waals surface area contributed by atoms with Crippen LogP contribution in [0.2, 0.25) is 0 Å². The Morgan fingerprint density at radius 3 is 3.12 bits per heavy atom. The molecule has 1 amide bonds. The summed E-state index contributed by atoms with van der Waals surface area (Å²) >= 11 is 0. The second kappa shape index (κ2) is 6.48. The number of nitrogens with zero attached hydrogens (tertiary/aromatic N) is 1. The van der Waals surface area contributed by atoms with Gasteiger partial charge < -0.3 is 10.3 Å². The summed E-state index contributed by atoms with van der Waals surface area (Å²) in [7, 11) is 0. The topological polar surface area (TPSA) is 57.8 Å². The fraction of sp³-hybridized carbons (Fsp3) is 0.300. The van der Waals surface area contributed by atoms with Gasteiger partial charge in [0.1, 0.15) is 0 Å². The van der Waals surface area contributed by atoms with Gasteiger partial charge in [0.2, 0.25) is 0 Å². The van der Waals surface area contributed by atoms with Crippen molar-refractivity contribution in [1.29, 1.82) is 0 Å². The molecule has 1 aromatic heterocycles. The summed E-state index contributed by atoms with van der Waals surface area (Å²) in [5.74, 6) is 0.543. The van der Waals surface area contributed by atoms with E-state index in [1.54, 1.807) is 6.33 Å². The SMILES string of the molecule is O=C(NCCC1CCCc2ccccc21)c1ccc2nc[nH]c2c1. The number of rotatable bonds is 4. The zero-order valence-electron chi connectivity index (χ0n) is 13.6. The van der Waals surface area contributed by atoms with Gasteiger partial charge >= 0.3 is 0 Å². The molecule has 0 aliphatic heterocycles. The van der Waals surface area contributed by atoms with E-state index in [9.17, 15) is 4.79 Å². The molecule has 4 rings (SSSR count). The molecule has 122 valence electrons. The summed E-state index contributed by atoms with van der Waals surface area (Å²) in [6.07, 6.45) is 6.28. The summed E-state index contributed by atoms with van der Waals surface area (Å²) < 4.78 is 0. The number of hydrogen-bond donors (Lipinski definition) is 2. The van der Waals surface area contributed by atoms with Crippen LogP contribution in [-0.2, 0) is 6.42 Å². The number of nitrogens with one attached hydrogen (secondary N) is 2. The van der Waals surface area contributed by atoms with Gasteiger partial charge in [0.15, 0.2) is 0 Å². The zero-order valence-corrected chi connectivity index (χ0v) is 13.6. The van der Waals surface area contributed by atoms with E-state index in [1.165, 1.54) is 30.4 Å². The van der Waals surface area contributed by atoms with Gasteiger partial charge in [-0.3, -0.25) is 4.79 Å². The molecule has 0 spiro atoms. The number of fused-ring (bicyclic) bond motifs is 2. The summed E-state index contributed by atoms with van der Waals surface area (Å²) in [4.78, 5) is 19.6. The molecule has 3 aromatic rings. The van der Waals surface area contributed by atoms with Crippen LogP contribution in [0.25, 0.3) is 11.0 Å². The Kier molecular flexibility index (Phi) is 4.03. The number of carbonyl (C=O) groups is 1. The van der Waals surface area contributed by atoms with E-state index in [1.807, 2.05) is 18.2 Å². The van der Waals surface area contributed by atoms with Crippen molar-refractivity contribution >= 4 is 16.9 Å². The zero-order chi connectivity index (χ0) is 16.4. The van der Waals surface area contributed by atoms with Crippen LogP contribution in [0.3, 0.4) is 0 Å². The van der Waals surface area contributed by atoms with Gasteiger partial charge in [0, 0.05) is 12.1 Å². The fourth-order valence-electron chi connectivity index (χ4n) is 3.69. The number of hydrogen-bond acceptors (Lipinski definition) is 2. The van der Waals surface area contributed by atoms with Gasteiger partial charge in [-0.1, -0.05) is 24.3 Å². The normalized spacial score (nSPS) is 16.8. The third-order valence-corrected chi connectivity index (χ3v) is 4.95. The molecule has 0 saturated heterocycles. The predicted octanol–water partition coefficient (Wildman–Crippen LogP) is 3.80. The van der Waals surface area contributed by atoms with Crippen LogP contribution in [0, 0.1) is 0 Å². The second-order valence-corrected chi connectivity index (χ2v) is 6.47. The third-order valence-electron chi connectivity index (χ3n) is 4.95. The van der Waals surface area contributed by atoms with Gasteiger partial charge in [-0.25, -0.2) is 4.98 Å². The van der Waals surface area contributed by atoms with Crippen LogP contribution >= 0.6 is 0 Å². The van der Waals surface area contributed by atoms with Crippen LogP contribution < -0.4 is 5.32 Å². The van der Waals surface area contributed by atoms with Gasteiger partial charge in [-0.05, 0) is 60.9 Å². The van der Waals surface area contributed by atoms with Gasteiger partial charge in [-0.15, -0.1) is 0 Å². The van der Waals surface area contributed by atoms with Crippen molar-refractivity contribution in [3.8, 4) is 0 Å². The molecule has 1 unspecified atom stereocenters. The Morgan fingerprint density at radius 2 is 2.17 bits per heavy atom. The largest absolute Gasteiger partial charge is 0.352 e. The highest BCUT2D eigenvalue weighted by atomic mass is 16.1. The molecule has 2 aromatic carbocycles. The number of aryl methyl sites for hydroxylation is 1. The summed E-state index contributed by atoms with van der Waals surface area (Å²) in [5.41, 5.74) is 5.40. The van der Waals surface area contributed by atoms with E-state index in [-0.39, 0.29) is 5.91 Å². The van der Waals surface area contributed by atoms with Crippen molar-refractivity contribution in [2.24, 2.45) is 0 Å². The van der Waals surface area contributed by atoms with Gasteiger partial charge in [0.25, 0.3) is 5.91 Å². The molecule has 2 N–H and O–H groups in total. The maximum absolute atomic E-state index is 12.4. The van der Waals surface area contributed by atoms with Crippen molar-refractivity contribution in [1.82, 2.24) is 15.3 Å². The maximum atomic E-state index is 12.4. The molecule has 1 atom stereocenters. The second-order valence-electron chi connectivity index (χ2n) is 6.47. The minimum Gasteiger partial charge on any atom is -0.352 e. The first kappa shape index (κ1) is 14.9. The molecule has 24 heavy (non-hydrogen) atoms. The molecule has 1 aliphatic rings. The van der Waals surface area contributed by atoms with Crippen LogP contribution in [0.15, 0.2) is 48.8 Å². The van der Waals surface area contributed by atoms with Crippen molar-refractivity contribution in [3.05, 3.63) is 65.5 Å². The van der Waals surface area contributed by atoms with Crippen LogP contribution in [-0.4, -0.2) is 22.4 Å². The van der Waals surface area contributed by atoms with E-state index < -0.39 is 0 Å². The lowest BCUT2D eigenvalue weighted by molar-refractivity contribution is 0.0952. The number of imidazole rings is 1. The van der Waals surface area contributed by atoms with E-state index in [2.05, 4.69) is 39.6 Å². The Morgan fingerprint density at radius 1 is 1.25 bits per heavy atom. The average Bonchev–Trinajstić information content (AvgIpc) is 3.09. The number of carbonyl (C=O) groups excluding carboxylic acids is 1. The average molecular weight is 319 g/mol. The number of aromatic amines is 1. The number of aromatic nitrogens is 2. The summed E-state index contributed by atoms with van der Waals surface area (Å²) in [6.45, 7) is 0.707. The lowest BCUT2D eigenvalue weighted by Crippen LogP contribution is -2.26. The standard InChI is InChI=1S/C20H21N3O/c24-20(16-8-9-18-19(12-16)23-13-22-18)21-11-10-15-6-3-5-14-4-1-2-7-17(14)15/h1-2,4,7-9,12-13,15H,3,5-6,10-11H2,(H,21,24)(H,22,23). The Labute approximate surface area is 141 Å². The summed E-state index contributed by atoms with van der Waals surface area (Å²) in [5, 5.41) is 3.06. The lowest BCUT2D eigenvalue weighted by atomic mass is 9.81. The van der Waals surface area contributed by atoms with Gasteiger partial charge in [-0.2, -0.15) is 0 Å². The molecule has 4 nitrogen and oxygen atoms in total. The monoisotopic (exact) mass is 319 g/mol. The first-order valence-corrected chi connectivity index (χ1v) is 8.60. The molecular weight excluding hydrogens is 298 g/mol. The van der Waals surface area contributed by atoms with E-state index in [0.29, 0.717) is 18.0 Å². The number of H-pyrrole nitrogens is 1. The molecule has 1 aliphatic carbocycles. The minimum absolute atomic E-state index is 0.0180. The highest BCUT2D eigenvalue weighted by Crippen LogP contribution is 2.33. The van der Waals surface area contributed by atoms with Gasteiger partial charge in [0.05, 0.1) is 17.4 Å².